The number of unbranched alkanes of at least 4 members (excludes halogenated alkanes) is 9. The van der Waals surface area contributed by atoms with Gasteiger partial charge in [-0.3, -0.25) is 4.79 Å². The summed E-state index contributed by atoms with van der Waals surface area (Å²) in [6, 6.07) is -0.412. The van der Waals surface area contributed by atoms with Crippen molar-refractivity contribution < 1.29 is 14.3 Å². The Bertz CT molecular complexity index is 379. The molecule has 4 nitrogen and oxygen atoms in total. The first-order valence-corrected chi connectivity index (χ1v) is 9.85. The van der Waals surface area contributed by atoms with E-state index in [4.69, 9.17) is 4.74 Å². The van der Waals surface area contributed by atoms with Gasteiger partial charge in [-0.1, -0.05) is 57.6 Å². The normalized spacial score (nSPS) is 17.4. The Kier molecular flexibility index (Phi) is 12.1. The van der Waals surface area contributed by atoms with Crippen molar-refractivity contribution in [3.8, 4) is 0 Å². The molecule has 1 aliphatic heterocycles. The first-order valence-electron chi connectivity index (χ1n) is 9.85. The number of carbonyl (C=O) groups excluding carboxylic acids is 2. The standard InChI is InChI=1S/C20H35NO3/c1-2-3-4-5-6-7-8-9-10-11-12-13-14-17-24-20(23)18-15-16-19(22)21-18/h8-9,18H,2-7,10-17H2,1H3,(H,21,22)/b9-8+/t18-/m0/s1. The third-order valence-corrected chi connectivity index (χ3v) is 4.43. The summed E-state index contributed by atoms with van der Waals surface area (Å²) in [6.07, 6.45) is 19.1. The van der Waals surface area contributed by atoms with E-state index in [0.29, 0.717) is 19.4 Å². The van der Waals surface area contributed by atoms with Crippen LogP contribution in [-0.4, -0.2) is 24.5 Å². The monoisotopic (exact) mass is 337 g/mol. The van der Waals surface area contributed by atoms with Crippen molar-refractivity contribution in [1.29, 1.82) is 0 Å². The molecule has 1 saturated heterocycles. The van der Waals surface area contributed by atoms with Crippen molar-refractivity contribution in [3.63, 3.8) is 0 Å². The van der Waals surface area contributed by atoms with Crippen molar-refractivity contribution in [2.75, 3.05) is 6.61 Å². The summed E-state index contributed by atoms with van der Waals surface area (Å²) in [7, 11) is 0. The summed E-state index contributed by atoms with van der Waals surface area (Å²) in [5.41, 5.74) is 0. The molecule has 0 aromatic heterocycles. The van der Waals surface area contributed by atoms with Crippen molar-refractivity contribution in [3.05, 3.63) is 12.2 Å². The molecule has 0 unspecified atom stereocenters. The minimum Gasteiger partial charge on any atom is -0.464 e. The van der Waals surface area contributed by atoms with Gasteiger partial charge in [0.2, 0.25) is 5.91 Å². The molecule has 0 aromatic rings. The maximum atomic E-state index is 11.7. The Morgan fingerprint density at radius 2 is 1.67 bits per heavy atom. The lowest BCUT2D eigenvalue weighted by molar-refractivity contribution is -0.146. The largest absolute Gasteiger partial charge is 0.464 e. The molecule has 1 N–H and O–H groups in total. The molecule has 0 saturated carbocycles. The lowest BCUT2D eigenvalue weighted by Crippen LogP contribution is -2.34. The van der Waals surface area contributed by atoms with E-state index in [0.717, 1.165) is 19.3 Å². The van der Waals surface area contributed by atoms with Crippen LogP contribution in [0.2, 0.25) is 0 Å². The Balaban J connectivity index is 1.82. The van der Waals surface area contributed by atoms with Gasteiger partial charge >= 0.3 is 5.97 Å². The number of amides is 1. The molecule has 0 bridgehead atoms. The number of allylic oxidation sites excluding steroid dienone is 2. The Morgan fingerprint density at radius 1 is 1.04 bits per heavy atom. The fraction of sp³-hybridized carbons (Fsp3) is 0.800. The van der Waals surface area contributed by atoms with E-state index in [2.05, 4.69) is 24.4 Å². The summed E-state index contributed by atoms with van der Waals surface area (Å²) in [5, 5.41) is 2.63. The molecule has 4 heteroatoms. The second-order valence-electron chi connectivity index (χ2n) is 6.70. The zero-order valence-corrected chi connectivity index (χ0v) is 15.4. The second kappa shape index (κ2) is 14.1. The van der Waals surface area contributed by atoms with Gasteiger partial charge < -0.3 is 10.1 Å². The molecule has 1 amide bonds. The van der Waals surface area contributed by atoms with Crippen molar-refractivity contribution in [2.45, 2.75) is 96.4 Å². The SMILES string of the molecule is CCCCCCC/C=C/CCCCCCOC(=O)[C@@H]1CCC(=O)N1. The number of carbonyl (C=O) groups is 2. The summed E-state index contributed by atoms with van der Waals surface area (Å²) >= 11 is 0. The predicted octanol–water partition coefficient (Wildman–Crippen LogP) is 4.68. The zero-order chi connectivity index (χ0) is 17.5. The van der Waals surface area contributed by atoms with Gasteiger partial charge in [0, 0.05) is 6.42 Å². The van der Waals surface area contributed by atoms with Crippen molar-refractivity contribution >= 4 is 11.9 Å². The highest BCUT2D eigenvalue weighted by Gasteiger charge is 2.28. The van der Waals surface area contributed by atoms with E-state index in [-0.39, 0.29) is 11.9 Å². The number of ether oxygens (including phenoxy) is 1. The van der Waals surface area contributed by atoms with Crippen LogP contribution in [0.15, 0.2) is 12.2 Å². The van der Waals surface area contributed by atoms with Crippen LogP contribution in [-0.2, 0) is 14.3 Å². The van der Waals surface area contributed by atoms with Crippen LogP contribution < -0.4 is 5.32 Å². The molecule has 24 heavy (non-hydrogen) atoms. The van der Waals surface area contributed by atoms with Gasteiger partial charge in [0.05, 0.1) is 6.61 Å². The maximum absolute atomic E-state index is 11.7. The second-order valence-corrected chi connectivity index (χ2v) is 6.70. The Labute approximate surface area is 147 Å². The smallest absolute Gasteiger partial charge is 0.328 e. The van der Waals surface area contributed by atoms with E-state index in [1.807, 2.05) is 0 Å². The Morgan fingerprint density at radius 3 is 2.25 bits per heavy atom. The van der Waals surface area contributed by atoms with Gasteiger partial charge in [-0.15, -0.1) is 0 Å². The van der Waals surface area contributed by atoms with Crippen LogP contribution in [0.5, 0.6) is 0 Å². The highest BCUT2D eigenvalue weighted by atomic mass is 16.5. The number of hydrogen-bond acceptors (Lipinski definition) is 3. The van der Waals surface area contributed by atoms with Crippen LogP contribution in [0, 0.1) is 0 Å². The van der Waals surface area contributed by atoms with Crippen LogP contribution in [0.1, 0.15) is 90.4 Å². The number of hydrogen-bond donors (Lipinski definition) is 1. The zero-order valence-electron chi connectivity index (χ0n) is 15.4. The van der Waals surface area contributed by atoms with E-state index in [1.165, 1.54) is 51.4 Å². The molecule has 1 aliphatic rings. The molecule has 0 aliphatic carbocycles. The summed E-state index contributed by atoms with van der Waals surface area (Å²) in [4.78, 5) is 22.7. The van der Waals surface area contributed by atoms with Gasteiger partial charge in [-0.25, -0.2) is 4.79 Å². The van der Waals surface area contributed by atoms with E-state index >= 15 is 0 Å². The third-order valence-electron chi connectivity index (χ3n) is 4.43. The lowest BCUT2D eigenvalue weighted by atomic mass is 10.1. The first-order chi connectivity index (χ1) is 11.7. The molecular formula is C20H35NO3. The van der Waals surface area contributed by atoms with Crippen molar-refractivity contribution in [2.24, 2.45) is 0 Å². The quantitative estimate of drug-likeness (QED) is 0.284. The van der Waals surface area contributed by atoms with Gasteiger partial charge in [0.1, 0.15) is 6.04 Å². The summed E-state index contributed by atoms with van der Waals surface area (Å²) in [6.45, 7) is 2.72. The number of rotatable bonds is 14. The minimum atomic E-state index is -0.412. The first kappa shape index (κ1) is 20.7. The minimum absolute atomic E-state index is 0.0500. The average Bonchev–Trinajstić information content (AvgIpc) is 3.01. The molecule has 0 spiro atoms. The van der Waals surface area contributed by atoms with E-state index in [9.17, 15) is 9.59 Å². The molecule has 1 fully saturated rings. The van der Waals surface area contributed by atoms with Crippen LogP contribution in [0.3, 0.4) is 0 Å². The van der Waals surface area contributed by atoms with Crippen LogP contribution in [0.4, 0.5) is 0 Å². The maximum Gasteiger partial charge on any atom is 0.328 e. The van der Waals surface area contributed by atoms with Gasteiger partial charge in [-0.05, 0) is 38.5 Å². The molecule has 1 atom stereocenters. The molecule has 0 radical (unpaired) electrons. The van der Waals surface area contributed by atoms with Crippen molar-refractivity contribution in [1.82, 2.24) is 5.32 Å². The van der Waals surface area contributed by atoms with Gasteiger partial charge in [0.15, 0.2) is 0 Å². The number of esters is 1. The van der Waals surface area contributed by atoms with Crippen LogP contribution in [0.25, 0.3) is 0 Å². The topological polar surface area (TPSA) is 55.4 Å². The molecule has 1 heterocycles. The average molecular weight is 338 g/mol. The van der Waals surface area contributed by atoms with Crippen LogP contribution >= 0.6 is 0 Å². The number of nitrogens with one attached hydrogen (secondary N) is 1. The van der Waals surface area contributed by atoms with Gasteiger partial charge in [0.25, 0.3) is 0 Å². The fourth-order valence-electron chi connectivity index (χ4n) is 2.88. The highest BCUT2D eigenvalue weighted by molar-refractivity contribution is 5.87. The molecular weight excluding hydrogens is 302 g/mol. The van der Waals surface area contributed by atoms with E-state index < -0.39 is 6.04 Å². The highest BCUT2D eigenvalue weighted by Crippen LogP contribution is 2.10. The molecule has 1 rings (SSSR count). The predicted molar refractivity (Wildman–Crippen MR) is 97.7 cm³/mol. The third kappa shape index (κ3) is 10.5. The summed E-state index contributed by atoms with van der Waals surface area (Å²) < 4.78 is 5.21. The molecule has 0 aromatic carbocycles. The summed E-state index contributed by atoms with van der Waals surface area (Å²) in [5.74, 6) is -0.325. The lowest BCUT2D eigenvalue weighted by Gasteiger charge is -2.09. The fourth-order valence-corrected chi connectivity index (χ4v) is 2.88. The molecule has 138 valence electrons. The van der Waals surface area contributed by atoms with Gasteiger partial charge in [-0.2, -0.15) is 0 Å². The Hall–Kier alpha value is -1.32. The van der Waals surface area contributed by atoms with E-state index in [1.54, 1.807) is 0 Å².